The molecule has 0 saturated carbocycles. The zero-order chi connectivity index (χ0) is 9.84. The third-order valence-corrected chi connectivity index (χ3v) is 2.00. The second kappa shape index (κ2) is 4.38. The molecule has 0 spiro atoms. The third kappa shape index (κ3) is 2.81. The van der Waals surface area contributed by atoms with Crippen LogP contribution in [0, 0.1) is 0 Å². The number of halogens is 1. The average molecular weight is 182 g/mol. The molecule has 1 aromatic carbocycles. The topological polar surface area (TPSA) is 20.2 Å². The Labute approximate surface area is 78.2 Å². The lowest BCUT2D eigenvalue weighted by atomic mass is 9.99. The Bertz CT molecular complexity index is 269. The molecule has 0 saturated heterocycles. The lowest BCUT2D eigenvalue weighted by molar-refractivity contribution is 0.194. The fourth-order valence-electron chi connectivity index (χ4n) is 1.43. The number of alkyl halides is 1. The standard InChI is InChI=1S/C11H15FO/c1-8(13)7-10-5-3-4-6-11(10)9(2)12/h3-6,8-9,13H,7H2,1-2H3. The van der Waals surface area contributed by atoms with Crippen LogP contribution in [0.1, 0.15) is 31.1 Å². The van der Waals surface area contributed by atoms with Gasteiger partial charge in [-0.15, -0.1) is 0 Å². The van der Waals surface area contributed by atoms with Gasteiger partial charge in [0.15, 0.2) is 0 Å². The number of benzene rings is 1. The predicted molar refractivity (Wildman–Crippen MR) is 51.3 cm³/mol. The van der Waals surface area contributed by atoms with Crippen molar-refractivity contribution < 1.29 is 9.50 Å². The quantitative estimate of drug-likeness (QED) is 0.761. The summed E-state index contributed by atoms with van der Waals surface area (Å²) < 4.78 is 13.1. The lowest BCUT2D eigenvalue weighted by Crippen LogP contribution is -2.07. The minimum atomic E-state index is -0.963. The molecule has 0 bridgehead atoms. The van der Waals surface area contributed by atoms with Gasteiger partial charge in [-0.2, -0.15) is 0 Å². The Morgan fingerprint density at radius 1 is 1.31 bits per heavy atom. The molecule has 2 heteroatoms. The molecule has 0 aliphatic rings. The summed E-state index contributed by atoms with van der Waals surface area (Å²) in [6.45, 7) is 3.22. The number of hydrogen-bond acceptors (Lipinski definition) is 1. The first-order chi connectivity index (χ1) is 6.11. The Morgan fingerprint density at radius 3 is 2.46 bits per heavy atom. The normalized spacial score (nSPS) is 15.4. The van der Waals surface area contributed by atoms with E-state index in [0.29, 0.717) is 12.0 Å². The van der Waals surface area contributed by atoms with Gasteiger partial charge in [0.1, 0.15) is 6.17 Å². The molecule has 0 aliphatic heterocycles. The highest BCUT2D eigenvalue weighted by Crippen LogP contribution is 2.21. The van der Waals surface area contributed by atoms with Crippen molar-refractivity contribution in [3.05, 3.63) is 35.4 Å². The van der Waals surface area contributed by atoms with Crippen molar-refractivity contribution in [2.24, 2.45) is 0 Å². The molecule has 1 aromatic rings. The molecule has 0 heterocycles. The molecule has 1 rings (SSSR count). The van der Waals surface area contributed by atoms with Crippen molar-refractivity contribution in [3.63, 3.8) is 0 Å². The van der Waals surface area contributed by atoms with Gasteiger partial charge in [-0.1, -0.05) is 24.3 Å². The lowest BCUT2D eigenvalue weighted by Gasteiger charge is -2.11. The van der Waals surface area contributed by atoms with Crippen molar-refractivity contribution in [3.8, 4) is 0 Å². The highest BCUT2D eigenvalue weighted by molar-refractivity contribution is 5.29. The Morgan fingerprint density at radius 2 is 1.92 bits per heavy atom. The molecule has 1 nitrogen and oxygen atoms in total. The largest absolute Gasteiger partial charge is 0.393 e. The van der Waals surface area contributed by atoms with E-state index in [9.17, 15) is 9.50 Å². The van der Waals surface area contributed by atoms with Gasteiger partial charge in [-0.25, -0.2) is 4.39 Å². The van der Waals surface area contributed by atoms with Crippen LogP contribution >= 0.6 is 0 Å². The van der Waals surface area contributed by atoms with Crippen LogP contribution in [-0.4, -0.2) is 11.2 Å². The van der Waals surface area contributed by atoms with E-state index >= 15 is 0 Å². The van der Waals surface area contributed by atoms with E-state index in [2.05, 4.69) is 0 Å². The zero-order valence-electron chi connectivity index (χ0n) is 8.00. The van der Waals surface area contributed by atoms with Gasteiger partial charge in [0.2, 0.25) is 0 Å². The summed E-state index contributed by atoms with van der Waals surface area (Å²) in [6.07, 6.45) is -0.861. The molecular formula is C11H15FO. The smallest absolute Gasteiger partial charge is 0.123 e. The fourth-order valence-corrected chi connectivity index (χ4v) is 1.43. The maximum Gasteiger partial charge on any atom is 0.123 e. The van der Waals surface area contributed by atoms with Gasteiger partial charge in [-0.05, 0) is 31.4 Å². The number of aliphatic hydroxyl groups is 1. The second-order valence-corrected chi connectivity index (χ2v) is 3.37. The maximum atomic E-state index is 13.1. The van der Waals surface area contributed by atoms with Crippen LogP contribution < -0.4 is 0 Å². The van der Waals surface area contributed by atoms with E-state index in [-0.39, 0.29) is 0 Å². The molecule has 0 radical (unpaired) electrons. The molecule has 0 amide bonds. The van der Waals surface area contributed by atoms with Gasteiger partial charge in [0.05, 0.1) is 6.10 Å². The van der Waals surface area contributed by atoms with E-state index < -0.39 is 12.3 Å². The number of aliphatic hydroxyl groups excluding tert-OH is 1. The summed E-state index contributed by atoms with van der Waals surface area (Å²) in [5, 5.41) is 9.19. The minimum absolute atomic E-state index is 0.417. The summed E-state index contributed by atoms with van der Waals surface area (Å²) in [5.41, 5.74) is 1.58. The van der Waals surface area contributed by atoms with E-state index in [4.69, 9.17) is 0 Å². The second-order valence-electron chi connectivity index (χ2n) is 3.37. The molecule has 72 valence electrons. The summed E-state index contributed by atoms with van der Waals surface area (Å²) in [7, 11) is 0. The molecule has 2 atom stereocenters. The summed E-state index contributed by atoms with van der Waals surface area (Å²) in [5.74, 6) is 0. The first-order valence-electron chi connectivity index (χ1n) is 4.51. The monoisotopic (exact) mass is 182 g/mol. The van der Waals surface area contributed by atoms with E-state index in [1.165, 1.54) is 6.92 Å². The third-order valence-electron chi connectivity index (χ3n) is 2.00. The van der Waals surface area contributed by atoms with E-state index in [1.54, 1.807) is 13.0 Å². The van der Waals surface area contributed by atoms with Crippen molar-refractivity contribution in [2.45, 2.75) is 32.5 Å². The van der Waals surface area contributed by atoms with Crippen molar-refractivity contribution >= 4 is 0 Å². The van der Waals surface area contributed by atoms with Crippen LogP contribution in [0.3, 0.4) is 0 Å². The van der Waals surface area contributed by atoms with E-state index in [0.717, 1.165) is 5.56 Å². The van der Waals surface area contributed by atoms with Gasteiger partial charge < -0.3 is 5.11 Å². The SMILES string of the molecule is CC(O)Cc1ccccc1C(C)F. The van der Waals surface area contributed by atoms with E-state index in [1.807, 2.05) is 18.2 Å². The van der Waals surface area contributed by atoms with Crippen molar-refractivity contribution in [1.29, 1.82) is 0 Å². The zero-order valence-corrected chi connectivity index (χ0v) is 8.00. The van der Waals surface area contributed by atoms with Crippen molar-refractivity contribution in [1.82, 2.24) is 0 Å². The molecule has 0 aromatic heterocycles. The maximum absolute atomic E-state index is 13.1. The average Bonchev–Trinajstić information content (AvgIpc) is 2.03. The Hall–Kier alpha value is -0.890. The molecule has 1 N–H and O–H groups in total. The first kappa shape index (κ1) is 10.2. The van der Waals surface area contributed by atoms with Crippen LogP contribution in [0.25, 0.3) is 0 Å². The molecule has 13 heavy (non-hydrogen) atoms. The highest BCUT2D eigenvalue weighted by atomic mass is 19.1. The summed E-state index contributed by atoms with van der Waals surface area (Å²) >= 11 is 0. The number of hydrogen-bond donors (Lipinski definition) is 1. The minimum Gasteiger partial charge on any atom is -0.393 e. The van der Waals surface area contributed by atoms with Gasteiger partial charge in [0.25, 0.3) is 0 Å². The van der Waals surface area contributed by atoms with Gasteiger partial charge in [-0.3, -0.25) is 0 Å². The summed E-state index contributed by atoms with van der Waals surface area (Å²) in [6, 6.07) is 7.31. The predicted octanol–water partition coefficient (Wildman–Crippen LogP) is 2.64. The van der Waals surface area contributed by atoms with Crippen LogP contribution in [0.4, 0.5) is 4.39 Å². The first-order valence-corrected chi connectivity index (χ1v) is 4.51. The van der Waals surface area contributed by atoms with Crippen LogP contribution in [0.2, 0.25) is 0 Å². The van der Waals surface area contributed by atoms with Crippen LogP contribution in [0.15, 0.2) is 24.3 Å². The van der Waals surface area contributed by atoms with Crippen LogP contribution in [-0.2, 0) is 6.42 Å². The number of rotatable bonds is 3. The molecule has 0 aliphatic carbocycles. The fraction of sp³-hybridized carbons (Fsp3) is 0.455. The highest BCUT2D eigenvalue weighted by Gasteiger charge is 2.09. The van der Waals surface area contributed by atoms with Crippen molar-refractivity contribution in [2.75, 3.05) is 0 Å². The molecule has 0 fully saturated rings. The summed E-state index contributed by atoms with van der Waals surface area (Å²) in [4.78, 5) is 0. The van der Waals surface area contributed by atoms with Gasteiger partial charge >= 0.3 is 0 Å². The molecule has 2 unspecified atom stereocenters. The van der Waals surface area contributed by atoms with Crippen LogP contribution in [0.5, 0.6) is 0 Å². The Kier molecular flexibility index (Phi) is 3.43. The van der Waals surface area contributed by atoms with Gasteiger partial charge in [0, 0.05) is 0 Å². The Balaban J connectivity index is 2.91. The molecular weight excluding hydrogens is 167 g/mol.